The summed E-state index contributed by atoms with van der Waals surface area (Å²) in [5.41, 5.74) is 11.6. The molecular weight excluding hydrogens is 695 g/mol. The van der Waals surface area contributed by atoms with E-state index in [-0.39, 0.29) is 0 Å². The van der Waals surface area contributed by atoms with E-state index in [1.807, 2.05) is 19.1 Å². The normalized spacial score (nSPS) is 14.5. The molecule has 0 aliphatic carbocycles. The Balaban J connectivity index is 1.18. The third-order valence-corrected chi connectivity index (χ3v) is 11.5. The predicted octanol–water partition coefficient (Wildman–Crippen LogP) is 11.9. The van der Waals surface area contributed by atoms with E-state index in [1.165, 1.54) is 43.4 Å². The van der Waals surface area contributed by atoms with Gasteiger partial charge in [0, 0.05) is 40.0 Å². The molecule has 0 radical (unpaired) electrons. The van der Waals surface area contributed by atoms with Crippen molar-refractivity contribution >= 4 is 77.6 Å². The Morgan fingerprint density at radius 2 is 1.21 bits per heavy atom. The number of hydrogen-bond donors (Lipinski definition) is 0. The summed E-state index contributed by atoms with van der Waals surface area (Å²) in [6.07, 6.45) is 6.13. The zero-order valence-corrected chi connectivity index (χ0v) is 31.6. The molecule has 0 bridgehead atoms. The number of hydrogen-bond acceptors (Lipinski definition) is 3. The van der Waals surface area contributed by atoms with Gasteiger partial charge >= 0.3 is 0 Å². The average molecular weight is 732 g/mol. The Kier molecular flexibility index (Phi) is 7.58. The van der Waals surface area contributed by atoms with Gasteiger partial charge in [0.05, 0.1) is 27.7 Å². The number of furan rings is 1. The van der Waals surface area contributed by atoms with Crippen molar-refractivity contribution in [3.05, 3.63) is 204 Å². The summed E-state index contributed by atoms with van der Waals surface area (Å²) in [7, 11) is 2.12. The van der Waals surface area contributed by atoms with Crippen molar-refractivity contribution < 1.29 is 4.42 Å². The second-order valence-corrected chi connectivity index (χ2v) is 14.7. The van der Waals surface area contributed by atoms with Crippen LogP contribution in [0.3, 0.4) is 0 Å². The quantitative estimate of drug-likeness (QED) is 0.169. The highest BCUT2D eigenvalue weighted by Gasteiger charge is 2.26. The summed E-state index contributed by atoms with van der Waals surface area (Å²) in [6, 6.07) is 60.9. The van der Waals surface area contributed by atoms with Crippen LogP contribution in [-0.4, -0.2) is 17.3 Å². The minimum absolute atomic E-state index is 0.773. The highest BCUT2D eigenvalue weighted by atomic mass is 16.3. The lowest BCUT2D eigenvalue weighted by atomic mass is 9.91. The van der Waals surface area contributed by atoms with Gasteiger partial charge in [-0.25, -0.2) is 4.99 Å². The Bertz CT molecular complexity index is 3440. The van der Waals surface area contributed by atoms with Crippen LogP contribution in [0, 0.1) is 0 Å². The number of rotatable bonds is 4. The molecule has 10 aromatic rings. The number of nitrogens with zero attached hydrogens (tertiary/aromatic N) is 3. The van der Waals surface area contributed by atoms with Crippen LogP contribution < -0.4 is 15.5 Å². The smallest absolute Gasteiger partial charge is 0.145 e. The van der Waals surface area contributed by atoms with Crippen molar-refractivity contribution in [3.63, 3.8) is 0 Å². The van der Waals surface area contributed by atoms with Crippen molar-refractivity contribution in [1.29, 1.82) is 0 Å². The van der Waals surface area contributed by atoms with Crippen LogP contribution in [0.4, 0.5) is 5.69 Å². The molecule has 11 rings (SSSR count). The molecule has 2 aromatic heterocycles. The van der Waals surface area contributed by atoms with Crippen molar-refractivity contribution in [2.75, 3.05) is 11.9 Å². The summed E-state index contributed by atoms with van der Waals surface area (Å²) in [5.74, 6) is 0.842. The zero-order chi connectivity index (χ0) is 38.0. The first kappa shape index (κ1) is 33.0. The zero-order valence-electron chi connectivity index (χ0n) is 31.6. The largest absolute Gasteiger partial charge is 0.456 e. The standard InChI is InChI=1S/C53H37N3O/c1-3-4-26-50-51(53-54-52(42-23-13-14-24-46(42)55(53)2)44-33-36-16-8-9-19-38(36)39-20-10-11-21-40(39)44)45-32-35(28-30-49(45)57-50)34-27-29-48-43(31-34)41-22-12-15-25-47(41)56(48)37-17-6-5-7-18-37/h3-33H,1-2H3/b4-3-,50-26+,53-51-. The van der Waals surface area contributed by atoms with Crippen LogP contribution in [0.25, 0.3) is 83.0 Å². The number of benzene rings is 8. The van der Waals surface area contributed by atoms with Crippen LogP contribution >= 0.6 is 0 Å². The molecule has 57 heavy (non-hydrogen) atoms. The van der Waals surface area contributed by atoms with Crippen molar-refractivity contribution in [3.8, 4) is 16.8 Å². The van der Waals surface area contributed by atoms with E-state index in [9.17, 15) is 0 Å². The summed E-state index contributed by atoms with van der Waals surface area (Å²) in [6.45, 7) is 2.03. The van der Waals surface area contributed by atoms with E-state index in [1.54, 1.807) is 0 Å². The minimum Gasteiger partial charge on any atom is -0.456 e. The highest BCUT2D eigenvalue weighted by molar-refractivity contribution is 6.27. The minimum atomic E-state index is 0.773. The summed E-state index contributed by atoms with van der Waals surface area (Å²) in [5, 5.41) is 9.25. The van der Waals surface area contributed by atoms with E-state index >= 15 is 0 Å². The molecule has 0 fully saturated rings. The first-order valence-electron chi connectivity index (χ1n) is 19.5. The number of fused-ring (bicyclic) bond motifs is 8. The van der Waals surface area contributed by atoms with Crippen LogP contribution in [0.2, 0.25) is 0 Å². The molecule has 4 heteroatoms. The van der Waals surface area contributed by atoms with Crippen LogP contribution in [0.5, 0.6) is 0 Å². The lowest BCUT2D eigenvalue weighted by molar-refractivity contribution is 0.575. The van der Waals surface area contributed by atoms with Gasteiger partial charge in [-0.15, -0.1) is 0 Å². The fourth-order valence-corrected chi connectivity index (χ4v) is 8.84. The fraction of sp³-hybridized carbons (Fsp3) is 0.0377. The summed E-state index contributed by atoms with van der Waals surface area (Å²) in [4.78, 5) is 7.87. The van der Waals surface area contributed by atoms with Gasteiger partial charge in [0.15, 0.2) is 0 Å². The van der Waals surface area contributed by atoms with Crippen LogP contribution in [-0.2, 0) is 0 Å². The molecule has 0 saturated heterocycles. The first-order chi connectivity index (χ1) is 28.2. The van der Waals surface area contributed by atoms with Crippen molar-refractivity contribution in [1.82, 2.24) is 4.57 Å². The van der Waals surface area contributed by atoms with Crippen molar-refractivity contribution in [2.45, 2.75) is 6.92 Å². The monoisotopic (exact) mass is 731 g/mol. The number of anilines is 1. The van der Waals surface area contributed by atoms with Gasteiger partial charge in [-0.2, -0.15) is 0 Å². The van der Waals surface area contributed by atoms with Gasteiger partial charge < -0.3 is 13.9 Å². The second-order valence-electron chi connectivity index (χ2n) is 14.7. The van der Waals surface area contributed by atoms with E-state index in [2.05, 4.69) is 192 Å². The number of aliphatic imine (C=N–C) groups is 1. The van der Waals surface area contributed by atoms with E-state index in [0.29, 0.717) is 0 Å². The molecule has 0 amide bonds. The summed E-state index contributed by atoms with van der Waals surface area (Å²) >= 11 is 0. The van der Waals surface area contributed by atoms with Gasteiger partial charge in [-0.1, -0.05) is 127 Å². The van der Waals surface area contributed by atoms with Crippen LogP contribution in [0.1, 0.15) is 18.1 Å². The molecule has 4 nitrogen and oxygen atoms in total. The Morgan fingerprint density at radius 1 is 0.544 bits per heavy atom. The molecule has 270 valence electrons. The van der Waals surface area contributed by atoms with Gasteiger partial charge in [0.2, 0.25) is 0 Å². The van der Waals surface area contributed by atoms with E-state index in [0.717, 1.165) is 66.8 Å². The highest BCUT2D eigenvalue weighted by Crippen LogP contribution is 2.38. The molecule has 1 aliphatic rings. The number of allylic oxidation sites excluding steroid dienone is 2. The van der Waals surface area contributed by atoms with Gasteiger partial charge in [-0.05, 0) is 100 Å². The number of aromatic nitrogens is 1. The maximum atomic E-state index is 6.70. The number of para-hydroxylation sites is 3. The fourth-order valence-electron chi connectivity index (χ4n) is 8.84. The van der Waals surface area contributed by atoms with E-state index in [4.69, 9.17) is 9.41 Å². The molecule has 0 spiro atoms. The summed E-state index contributed by atoms with van der Waals surface area (Å²) < 4.78 is 9.06. The third kappa shape index (κ3) is 5.18. The predicted molar refractivity (Wildman–Crippen MR) is 240 cm³/mol. The molecule has 0 saturated carbocycles. The Morgan fingerprint density at radius 3 is 2.05 bits per heavy atom. The molecule has 0 N–H and O–H groups in total. The molecule has 0 atom stereocenters. The third-order valence-electron chi connectivity index (χ3n) is 11.5. The van der Waals surface area contributed by atoms with E-state index < -0.39 is 0 Å². The topological polar surface area (TPSA) is 33.7 Å². The lowest BCUT2D eigenvalue weighted by Gasteiger charge is -2.29. The Hall–Kier alpha value is -7.43. The maximum absolute atomic E-state index is 6.70. The Labute approximate surface area is 329 Å². The molecule has 8 aromatic carbocycles. The SMILES string of the molecule is C\C=C/C=c1/oc2ccc(-c3ccc4c(c3)c3ccccc3n4-c3ccccc3)cc2/c1=C1\N=C(c2cc3ccccc3c3ccccc23)c2ccccc2N1C. The second kappa shape index (κ2) is 13.1. The maximum Gasteiger partial charge on any atom is 0.145 e. The lowest BCUT2D eigenvalue weighted by Crippen LogP contribution is -2.33. The first-order valence-corrected chi connectivity index (χ1v) is 19.5. The van der Waals surface area contributed by atoms with Crippen LogP contribution in [0.15, 0.2) is 191 Å². The van der Waals surface area contributed by atoms with Gasteiger partial charge in [0.1, 0.15) is 16.8 Å². The van der Waals surface area contributed by atoms with Crippen molar-refractivity contribution in [2.24, 2.45) is 4.99 Å². The average Bonchev–Trinajstić information content (AvgIpc) is 3.80. The van der Waals surface area contributed by atoms with Gasteiger partial charge in [0.25, 0.3) is 0 Å². The molecule has 1 aliphatic heterocycles. The molecule has 0 unspecified atom stereocenters. The molecular formula is C53H37N3O. The van der Waals surface area contributed by atoms with Gasteiger partial charge in [-0.3, -0.25) is 0 Å². The molecule has 3 heterocycles.